The van der Waals surface area contributed by atoms with Crippen LogP contribution in [0.25, 0.3) is 11.0 Å². The minimum Gasteiger partial charge on any atom is -0.507 e. The second-order valence-electron chi connectivity index (χ2n) is 4.90. The summed E-state index contributed by atoms with van der Waals surface area (Å²) in [5, 5.41) is 21.5. The Bertz CT molecular complexity index is 856. The molecule has 1 aromatic heterocycles. The van der Waals surface area contributed by atoms with Crippen molar-refractivity contribution in [2.45, 2.75) is 13.0 Å². The van der Waals surface area contributed by atoms with Crippen LogP contribution in [0.2, 0.25) is 0 Å². The first-order chi connectivity index (χ1) is 11.2. The molecular weight excluding hydrogens is 294 g/mol. The van der Waals surface area contributed by atoms with Crippen LogP contribution in [0, 0.1) is 0 Å². The highest BCUT2D eigenvalue weighted by Crippen LogP contribution is 2.12. The third kappa shape index (κ3) is 3.52. The molecule has 0 spiro atoms. The van der Waals surface area contributed by atoms with Gasteiger partial charge in [0.1, 0.15) is 11.3 Å². The summed E-state index contributed by atoms with van der Waals surface area (Å²) in [5.41, 5.74) is 4.65. The van der Waals surface area contributed by atoms with Gasteiger partial charge in [0.15, 0.2) is 0 Å². The molecule has 23 heavy (non-hydrogen) atoms. The number of amides is 1. The molecule has 0 aliphatic rings. The van der Waals surface area contributed by atoms with Crippen molar-refractivity contribution in [2.75, 3.05) is 0 Å². The normalized spacial score (nSPS) is 11.1. The lowest BCUT2D eigenvalue weighted by atomic mass is 10.2. The summed E-state index contributed by atoms with van der Waals surface area (Å²) < 4.78 is 1.68. The van der Waals surface area contributed by atoms with Crippen LogP contribution in [0.3, 0.4) is 0 Å². The number of para-hydroxylation sites is 2. The lowest BCUT2D eigenvalue weighted by Gasteiger charge is -2.02. The molecule has 116 valence electrons. The number of aromatic hydroxyl groups is 1. The van der Waals surface area contributed by atoms with Crippen molar-refractivity contribution in [3.05, 3.63) is 54.1 Å². The van der Waals surface area contributed by atoms with Crippen LogP contribution in [0.4, 0.5) is 0 Å². The van der Waals surface area contributed by atoms with Crippen LogP contribution in [0.5, 0.6) is 5.75 Å². The van der Waals surface area contributed by atoms with Gasteiger partial charge in [-0.15, -0.1) is 5.10 Å². The summed E-state index contributed by atoms with van der Waals surface area (Å²) in [4.78, 5) is 11.8. The first-order valence-electron chi connectivity index (χ1n) is 7.12. The minimum atomic E-state index is -0.240. The predicted octanol–water partition coefficient (Wildman–Crippen LogP) is 1.68. The van der Waals surface area contributed by atoms with E-state index in [1.165, 1.54) is 6.21 Å². The molecule has 3 rings (SSSR count). The number of phenols is 1. The van der Waals surface area contributed by atoms with E-state index in [1.807, 2.05) is 24.3 Å². The third-order valence-corrected chi connectivity index (χ3v) is 3.30. The molecule has 0 bridgehead atoms. The molecule has 0 aliphatic heterocycles. The maximum absolute atomic E-state index is 11.8. The minimum absolute atomic E-state index is 0.111. The topological polar surface area (TPSA) is 92.4 Å². The molecule has 0 saturated carbocycles. The molecule has 2 N–H and O–H groups in total. The Labute approximate surface area is 132 Å². The van der Waals surface area contributed by atoms with Crippen molar-refractivity contribution in [1.29, 1.82) is 0 Å². The molecule has 0 fully saturated rings. The number of hydrogen-bond acceptors (Lipinski definition) is 5. The van der Waals surface area contributed by atoms with Crippen molar-refractivity contribution >= 4 is 23.2 Å². The number of nitrogens with zero attached hydrogens (tertiary/aromatic N) is 4. The number of hydrogen-bond donors (Lipinski definition) is 2. The van der Waals surface area contributed by atoms with E-state index in [2.05, 4.69) is 20.8 Å². The number of phenolic OH excluding ortho intramolecular Hbond substituents is 1. The Morgan fingerprint density at radius 2 is 2.00 bits per heavy atom. The second-order valence-corrected chi connectivity index (χ2v) is 4.90. The molecule has 0 radical (unpaired) electrons. The third-order valence-electron chi connectivity index (χ3n) is 3.30. The summed E-state index contributed by atoms with van der Waals surface area (Å²) in [6.45, 7) is 0.415. The lowest BCUT2D eigenvalue weighted by molar-refractivity contribution is -0.121. The number of rotatable bonds is 5. The molecular formula is C16H15N5O2. The number of nitrogens with one attached hydrogen (secondary N) is 1. The Morgan fingerprint density at radius 3 is 2.87 bits per heavy atom. The lowest BCUT2D eigenvalue weighted by Crippen LogP contribution is -2.19. The van der Waals surface area contributed by atoms with Crippen molar-refractivity contribution in [3.63, 3.8) is 0 Å². The van der Waals surface area contributed by atoms with Gasteiger partial charge in [-0.2, -0.15) is 5.10 Å². The van der Waals surface area contributed by atoms with E-state index >= 15 is 0 Å². The van der Waals surface area contributed by atoms with Gasteiger partial charge in [-0.25, -0.2) is 10.1 Å². The summed E-state index contributed by atoms with van der Waals surface area (Å²) in [7, 11) is 0. The fourth-order valence-corrected chi connectivity index (χ4v) is 2.12. The van der Waals surface area contributed by atoms with Crippen LogP contribution in [0.1, 0.15) is 12.0 Å². The van der Waals surface area contributed by atoms with E-state index in [0.29, 0.717) is 12.1 Å². The molecule has 0 saturated heterocycles. The predicted molar refractivity (Wildman–Crippen MR) is 86.0 cm³/mol. The fourth-order valence-electron chi connectivity index (χ4n) is 2.12. The van der Waals surface area contributed by atoms with E-state index in [0.717, 1.165) is 11.0 Å². The Kier molecular flexibility index (Phi) is 4.28. The number of aromatic nitrogens is 3. The van der Waals surface area contributed by atoms with Gasteiger partial charge >= 0.3 is 0 Å². The molecule has 2 aromatic carbocycles. The number of aryl methyl sites for hydroxylation is 1. The second kappa shape index (κ2) is 6.69. The molecule has 3 aromatic rings. The Hall–Kier alpha value is -3.22. The van der Waals surface area contributed by atoms with Gasteiger partial charge in [0.25, 0.3) is 0 Å². The van der Waals surface area contributed by atoms with Crippen molar-refractivity contribution in [3.8, 4) is 5.75 Å². The summed E-state index contributed by atoms with van der Waals surface area (Å²) >= 11 is 0. The van der Waals surface area contributed by atoms with E-state index in [-0.39, 0.29) is 18.1 Å². The molecule has 1 heterocycles. The maximum Gasteiger partial charge on any atom is 0.241 e. The zero-order valence-electron chi connectivity index (χ0n) is 12.3. The van der Waals surface area contributed by atoms with Gasteiger partial charge in [-0.3, -0.25) is 4.79 Å². The first kappa shape index (κ1) is 14.7. The van der Waals surface area contributed by atoms with Gasteiger partial charge in [0, 0.05) is 12.0 Å². The van der Waals surface area contributed by atoms with Gasteiger partial charge in [-0.1, -0.05) is 29.5 Å². The average molecular weight is 309 g/mol. The molecule has 7 heteroatoms. The fraction of sp³-hybridized carbons (Fsp3) is 0.125. The maximum atomic E-state index is 11.8. The number of carbonyl (C=O) groups excluding carboxylic acids is 1. The number of hydrazone groups is 1. The zero-order chi connectivity index (χ0) is 16.1. The van der Waals surface area contributed by atoms with Crippen LogP contribution in [-0.4, -0.2) is 32.2 Å². The highest BCUT2D eigenvalue weighted by atomic mass is 16.3. The number of fused-ring (bicyclic) bond motifs is 1. The van der Waals surface area contributed by atoms with Gasteiger partial charge in [-0.05, 0) is 24.3 Å². The van der Waals surface area contributed by atoms with Gasteiger partial charge in [0.05, 0.1) is 18.3 Å². The van der Waals surface area contributed by atoms with E-state index in [9.17, 15) is 9.90 Å². The van der Waals surface area contributed by atoms with Crippen molar-refractivity contribution in [2.24, 2.45) is 5.10 Å². The van der Waals surface area contributed by atoms with E-state index in [4.69, 9.17) is 0 Å². The van der Waals surface area contributed by atoms with Gasteiger partial charge < -0.3 is 5.11 Å². The molecule has 0 unspecified atom stereocenters. The summed E-state index contributed by atoms with van der Waals surface area (Å²) in [5.74, 6) is -0.129. The van der Waals surface area contributed by atoms with Crippen molar-refractivity contribution < 1.29 is 9.90 Å². The van der Waals surface area contributed by atoms with Crippen LogP contribution < -0.4 is 5.43 Å². The smallest absolute Gasteiger partial charge is 0.241 e. The highest BCUT2D eigenvalue weighted by molar-refractivity contribution is 5.85. The summed E-state index contributed by atoms with van der Waals surface area (Å²) in [6, 6.07) is 14.3. The molecule has 7 nitrogen and oxygen atoms in total. The van der Waals surface area contributed by atoms with Gasteiger partial charge in [0.2, 0.25) is 5.91 Å². The number of benzene rings is 2. The average Bonchev–Trinajstić information content (AvgIpc) is 2.98. The Morgan fingerprint density at radius 1 is 1.22 bits per heavy atom. The monoisotopic (exact) mass is 309 g/mol. The number of carbonyl (C=O) groups is 1. The highest BCUT2D eigenvalue weighted by Gasteiger charge is 2.06. The van der Waals surface area contributed by atoms with E-state index < -0.39 is 0 Å². The van der Waals surface area contributed by atoms with Crippen LogP contribution in [-0.2, 0) is 11.3 Å². The largest absolute Gasteiger partial charge is 0.507 e. The quantitative estimate of drug-likeness (QED) is 0.554. The molecule has 0 aliphatic carbocycles. The van der Waals surface area contributed by atoms with E-state index in [1.54, 1.807) is 28.9 Å². The molecule has 1 amide bonds. The van der Waals surface area contributed by atoms with Crippen LogP contribution in [0.15, 0.2) is 53.6 Å². The zero-order valence-corrected chi connectivity index (χ0v) is 12.3. The first-order valence-corrected chi connectivity index (χ1v) is 7.12. The molecule has 0 atom stereocenters. The standard InChI is InChI=1S/C16H15N5O2/c22-15-8-4-1-5-12(15)11-17-19-16(23)9-10-21-14-7-3-2-6-13(14)18-20-21/h1-8,11,22H,9-10H2,(H,19,23)/b17-11-. The summed E-state index contributed by atoms with van der Waals surface area (Å²) in [6.07, 6.45) is 1.63. The van der Waals surface area contributed by atoms with Crippen molar-refractivity contribution in [1.82, 2.24) is 20.4 Å². The Balaban J connectivity index is 1.55. The SMILES string of the molecule is O=C(CCn1nnc2ccccc21)N/N=C\c1ccccc1O. The van der Waals surface area contributed by atoms with Crippen LogP contribution >= 0.6 is 0 Å².